The molecule has 3 rings (SSSR count). The predicted octanol–water partition coefficient (Wildman–Crippen LogP) is 2.84. The van der Waals surface area contributed by atoms with Crippen molar-refractivity contribution in [3.8, 4) is 5.69 Å². The first kappa shape index (κ1) is 20.8. The molecule has 0 radical (unpaired) electrons. The zero-order chi connectivity index (χ0) is 21.7. The van der Waals surface area contributed by atoms with Gasteiger partial charge in [-0.15, -0.1) is 0 Å². The highest BCUT2D eigenvalue weighted by atomic mass is 16.5. The Bertz CT molecular complexity index is 1060. The van der Waals surface area contributed by atoms with Gasteiger partial charge in [-0.1, -0.05) is 48.5 Å². The number of aryl methyl sites for hydroxylation is 1. The number of rotatable bonds is 5. The van der Waals surface area contributed by atoms with Crippen LogP contribution in [0.2, 0.25) is 0 Å². The molecule has 1 heterocycles. The number of carbonyl (C=O) groups is 3. The summed E-state index contributed by atoms with van der Waals surface area (Å²) in [6, 6.07) is 17.2. The van der Waals surface area contributed by atoms with Crippen molar-refractivity contribution in [2.75, 3.05) is 7.05 Å². The minimum Gasteiger partial charge on any atom is -0.444 e. The summed E-state index contributed by atoms with van der Waals surface area (Å²) >= 11 is 0. The van der Waals surface area contributed by atoms with E-state index in [0.717, 1.165) is 5.69 Å². The Kier molecular flexibility index (Phi) is 6.26. The maximum absolute atomic E-state index is 13.0. The molecular weight excluding hydrogens is 384 g/mol. The van der Waals surface area contributed by atoms with Crippen LogP contribution in [0, 0.1) is 13.8 Å². The molecule has 0 spiro atoms. The standard InChI is InChI=1S/C22H22N4O4/c1-14-18(15(2)26(25-14)17-12-8-5-9-13-17)21(28)30-19(16-10-6-4-7-11-16)20(27)24-22(29)23-3/h4-13,19H,1-3H3,(H2,23,24,27,29)/t19-/m0/s1. The Morgan fingerprint density at radius 3 is 2.17 bits per heavy atom. The number of esters is 1. The molecule has 0 aliphatic carbocycles. The van der Waals surface area contributed by atoms with Crippen LogP contribution in [0.25, 0.3) is 5.69 Å². The maximum Gasteiger partial charge on any atom is 0.343 e. The topological polar surface area (TPSA) is 102 Å². The lowest BCUT2D eigenvalue weighted by molar-refractivity contribution is -0.129. The second-order valence-electron chi connectivity index (χ2n) is 6.56. The Hall–Kier alpha value is -3.94. The van der Waals surface area contributed by atoms with Crippen molar-refractivity contribution in [1.82, 2.24) is 20.4 Å². The minimum atomic E-state index is -1.30. The first-order valence-electron chi connectivity index (χ1n) is 9.32. The number of imide groups is 1. The van der Waals surface area contributed by atoms with E-state index >= 15 is 0 Å². The van der Waals surface area contributed by atoms with E-state index in [1.165, 1.54) is 7.05 Å². The van der Waals surface area contributed by atoms with Gasteiger partial charge in [-0.2, -0.15) is 5.10 Å². The molecule has 0 aliphatic rings. The number of aromatic nitrogens is 2. The van der Waals surface area contributed by atoms with Crippen LogP contribution in [0.1, 0.15) is 33.4 Å². The van der Waals surface area contributed by atoms with Crippen molar-refractivity contribution in [3.63, 3.8) is 0 Å². The molecule has 154 valence electrons. The predicted molar refractivity (Wildman–Crippen MR) is 110 cm³/mol. The molecule has 0 aliphatic heterocycles. The van der Waals surface area contributed by atoms with E-state index < -0.39 is 24.0 Å². The highest BCUT2D eigenvalue weighted by Crippen LogP contribution is 2.24. The number of benzene rings is 2. The molecule has 0 unspecified atom stereocenters. The molecule has 8 nitrogen and oxygen atoms in total. The summed E-state index contributed by atoms with van der Waals surface area (Å²) in [5, 5.41) is 8.90. The summed E-state index contributed by atoms with van der Waals surface area (Å²) in [6.45, 7) is 3.46. The Morgan fingerprint density at radius 1 is 0.967 bits per heavy atom. The zero-order valence-electron chi connectivity index (χ0n) is 16.9. The van der Waals surface area contributed by atoms with E-state index in [0.29, 0.717) is 17.0 Å². The van der Waals surface area contributed by atoms with E-state index in [4.69, 9.17) is 4.74 Å². The Labute approximate surface area is 173 Å². The molecule has 1 aromatic heterocycles. The van der Waals surface area contributed by atoms with Crippen LogP contribution in [0.4, 0.5) is 4.79 Å². The summed E-state index contributed by atoms with van der Waals surface area (Å²) in [4.78, 5) is 37.2. The number of urea groups is 1. The number of nitrogens with one attached hydrogen (secondary N) is 2. The molecule has 2 aromatic carbocycles. The fraction of sp³-hybridized carbons (Fsp3) is 0.182. The van der Waals surface area contributed by atoms with Crippen molar-refractivity contribution < 1.29 is 19.1 Å². The molecule has 2 N–H and O–H groups in total. The van der Waals surface area contributed by atoms with Crippen LogP contribution in [0.5, 0.6) is 0 Å². The second-order valence-corrected chi connectivity index (χ2v) is 6.56. The van der Waals surface area contributed by atoms with Crippen LogP contribution in [0.15, 0.2) is 60.7 Å². The molecule has 30 heavy (non-hydrogen) atoms. The van der Waals surface area contributed by atoms with Gasteiger partial charge in [0.25, 0.3) is 5.91 Å². The molecule has 0 fully saturated rings. The minimum absolute atomic E-state index is 0.271. The van der Waals surface area contributed by atoms with Crippen molar-refractivity contribution in [2.24, 2.45) is 0 Å². The Morgan fingerprint density at radius 2 is 1.57 bits per heavy atom. The van der Waals surface area contributed by atoms with Crippen molar-refractivity contribution in [3.05, 3.63) is 83.2 Å². The van der Waals surface area contributed by atoms with Gasteiger partial charge in [-0.25, -0.2) is 14.3 Å². The fourth-order valence-electron chi connectivity index (χ4n) is 3.07. The molecule has 3 amide bonds. The fourth-order valence-corrected chi connectivity index (χ4v) is 3.07. The quantitative estimate of drug-likeness (QED) is 0.635. The number of amides is 3. The van der Waals surface area contributed by atoms with Gasteiger partial charge in [0.05, 0.1) is 17.1 Å². The molecule has 0 saturated heterocycles. The smallest absolute Gasteiger partial charge is 0.343 e. The van der Waals surface area contributed by atoms with Crippen LogP contribution >= 0.6 is 0 Å². The van der Waals surface area contributed by atoms with Gasteiger partial charge in [0.2, 0.25) is 6.10 Å². The lowest BCUT2D eigenvalue weighted by atomic mass is 10.1. The van der Waals surface area contributed by atoms with Crippen molar-refractivity contribution in [1.29, 1.82) is 0 Å². The number of nitrogens with zero attached hydrogens (tertiary/aromatic N) is 2. The van der Waals surface area contributed by atoms with Gasteiger partial charge in [-0.3, -0.25) is 10.1 Å². The summed E-state index contributed by atoms with van der Waals surface area (Å²) in [5.41, 5.74) is 2.57. The van der Waals surface area contributed by atoms with E-state index in [9.17, 15) is 14.4 Å². The van der Waals surface area contributed by atoms with Gasteiger partial charge in [0, 0.05) is 12.6 Å². The van der Waals surface area contributed by atoms with Crippen LogP contribution < -0.4 is 10.6 Å². The second kappa shape index (κ2) is 9.04. The van der Waals surface area contributed by atoms with Gasteiger partial charge in [-0.05, 0) is 26.0 Å². The monoisotopic (exact) mass is 406 g/mol. The number of para-hydroxylation sites is 1. The first-order valence-corrected chi connectivity index (χ1v) is 9.32. The van der Waals surface area contributed by atoms with Crippen LogP contribution in [0.3, 0.4) is 0 Å². The highest BCUT2D eigenvalue weighted by molar-refractivity contribution is 5.99. The SMILES string of the molecule is CNC(=O)NC(=O)[C@@H](OC(=O)c1c(C)nn(-c2ccccc2)c1C)c1ccccc1. The van der Waals surface area contributed by atoms with Gasteiger partial charge in [0.1, 0.15) is 5.56 Å². The van der Waals surface area contributed by atoms with Gasteiger partial charge >= 0.3 is 12.0 Å². The van der Waals surface area contributed by atoms with Gasteiger partial charge < -0.3 is 10.1 Å². The summed E-state index contributed by atoms with van der Waals surface area (Å²) in [6.07, 6.45) is -1.30. The normalized spacial score (nSPS) is 11.4. The third-order valence-corrected chi connectivity index (χ3v) is 4.53. The number of hydrogen-bond donors (Lipinski definition) is 2. The summed E-state index contributed by atoms with van der Waals surface area (Å²) < 4.78 is 7.20. The molecule has 8 heteroatoms. The van der Waals surface area contributed by atoms with E-state index in [1.54, 1.807) is 48.9 Å². The number of carbonyl (C=O) groups excluding carboxylic acids is 3. The third-order valence-electron chi connectivity index (χ3n) is 4.53. The van der Waals surface area contributed by atoms with Crippen molar-refractivity contribution >= 4 is 17.9 Å². The van der Waals surface area contributed by atoms with Crippen LogP contribution in [-0.4, -0.2) is 34.7 Å². The molecule has 0 saturated carbocycles. The average molecular weight is 406 g/mol. The van der Waals surface area contributed by atoms with E-state index in [-0.39, 0.29) is 5.56 Å². The molecule has 1 atom stereocenters. The third kappa shape index (κ3) is 4.38. The lowest BCUT2D eigenvalue weighted by Gasteiger charge is -2.17. The molecule has 3 aromatic rings. The zero-order valence-corrected chi connectivity index (χ0v) is 16.9. The molecule has 0 bridgehead atoms. The van der Waals surface area contributed by atoms with Crippen LogP contribution in [-0.2, 0) is 9.53 Å². The average Bonchev–Trinajstić information content (AvgIpc) is 3.06. The number of hydrogen-bond acceptors (Lipinski definition) is 5. The van der Waals surface area contributed by atoms with E-state index in [2.05, 4.69) is 15.7 Å². The molecular formula is C22H22N4O4. The summed E-state index contributed by atoms with van der Waals surface area (Å²) in [7, 11) is 1.39. The maximum atomic E-state index is 13.0. The largest absolute Gasteiger partial charge is 0.444 e. The van der Waals surface area contributed by atoms with Gasteiger partial charge in [0.15, 0.2) is 0 Å². The first-order chi connectivity index (χ1) is 14.4. The Balaban J connectivity index is 1.92. The van der Waals surface area contributed by atoms with E-state index in [1.807, 2.05) is 30.3 Å². The lowest BCUT2D eigenvalue weighted by Crippen LogP contribution is -2.41. The summed E-state index contributed by atoms with van der Waals surface area (Å²) in [5.74, 6) is -1.45. The highest BCUT2D eigenvalue weighted by Gasteiger charge is 2.29. The van der Waals surface area contributed by atoms with Crippen molar-refractivity contribution in [2.45, 2.75) is 20.0 Å². The number of ether oxygens (including phenoxy) is 1.